The summed E-state index contributed by atoms with van der Waals surface area (Å²) in [6.45, 7) is 2.85. The standard InChI is InChI=1S/C16H20N4O/c1-11-6-3-4-7-12(11)14-8-5-9-20(14)16(21)15-13(17)10-19(2)18-15/h3-4,6-7,10,14H,5,8-9,17H2,1-2H3. The fourth-order valence-electron chi connectivity index (χ4n) is 3.10. The molecule has 1 aromatic carbocycles. The highest BCUT2D eigenvalue weighted by molar-refractivity contribution is 5.97. The van der Waals surface area contributed by atoms with E-state index in [0.717, 1.165) is 19.4 Å². The van der Waals surface area contributed by atoms with Crippen molar-refractivity contribution in [1.29, 1.82) is 0 Å². The van der Waals surface area contributed by atoms with Crippen LogP contribution in [0.3, 0.4) is 0 Å². The minimum absolute atomic E-state index is 0.0705. The molecule has 1 aromatic heterocycles. The van der Waals surface area contributed by atoms with Crippen molar-refractivity contribution in [2.75, 3.05) is 12.3 Å². The average Bonchev–Trinajstić information content (AvgIpc) is 3.05. The molecule has 0 spiro atoms. The summed E-state index contributed by atoms with van der Waals surface area (Å²) >= 11 is 0. The predicted octanol–water partition coefficient (Wildman–Crippen LogP) is 2.29. The normalized spacial score (nSPS) is 18.2. The molecule has 21 heavy (non-hydrogen) atoms. The van der Waals surface area contributed by atoms with Gasteiger partial charge in [-0.2, -0.15) is 5.10 Å². The Bertz CT molecular complexity index is 677. The molecule has 1 aliphatic rings. The first kappa shape index (κ1) is 13.7. The molecule has 5 heteroatoms. The van der Waals surface area contributed by atoms with E-state index < -0.39 is 0 Å². The van der Waals surface area contributed by atoms with E-state index in [0.29, 0.717) is 11.4 Å². The van der Waals surface area contributed by atoms with E-state index in [2.05, 4.69) is 24.2 Å². The minimum atomic E-state index is -0.0705. The Morgan fingerprint density at radius 3 is 2.81 bits per heavy atom. The van der Waals surface area contributed by atoms with Gasteiger partial charge in [-0.3, -0.25) is 9.48 Å². The first-order chi connectivity index (χ1) is 10.1. The zero-order chi connectivity index (χ0) is 15.0. The average molecular weight is 284 g/mol. The zero-order valence-electron chi connectivity index (χ0n) is 12.4. The summed E-state index contributed by atoms with van der Waals surface area (Å²) in [7, 11) is 1.77. The summed E-state index contributed by atoms with van der Waals surface area (Å²) in [5.74, 6) is -0.0705. The van der Waals surface area contributed by atoms with Crippen molar-refractivity contribution in [3.05, 3.63) is 47.3 Å². The number of hydrogen-bond acceptors (Lipinski definition) is 3. The van der Waals surface area contributed by atoms with Crippen LogP contribution in [-0.2, 0) is 7.05 Å². The van der Waals surface area contributed by atoms with Crippen molar-refractivity contribution < 1.29 is 4.79 Å². The Kier molecular flexibility index (Phi) is 3.41. The lowest BCUT2D eigenvalue weighted by Crippen LogP contribution is -2.31. The summed E-state index contributed by atoms with van der Waals surface area (Å²) in [5.41, 5.74) is 9.13. The second-order valence-corrected chi connectivity index (χ2v) is 5.62. The van der Waals surface area contributed by atoms with Gasteiger partial charge < -0.3 is 10.6 Å². The molecule has 1 aliphatic heterocycles. The number of anilines is 1. The molecule has 1 amide bonds. The third kappa shape index (κ3) is 2.39. The van der Waals surface area contributed by atoms with Gasteiger partial charge in [0.15, 0.2) is 5.69 Å². The number of carbonyl (C=O) groups excluding carboxylic acids is 1. The molecule has 1 saturated heterocycles. The van der Waals surface area contributed by atoms with Gasteiger partial charge in [-0.25, -0.2) is 0 Å². The summed E-state index contributed by atoms with van der Waals surface area (Å²) in [6.07, 6.45) is 3.67. The lowest BCUT2D eigenvalue weighted by Gasteiger charge is -2.25. The van der Waals surface area contributed by atoms with E-state index in [1.165, 1.54) is 11.1 Å². The maximum atomic E-state index is 12.7. The molecule has 2 N–H and O–H groups in total. The first-order valence-electron chi connectivity index (χ1n) is 7.23. The van der Waals surface area contributed by atoms with Crippen molar-refractivity contribution in [3.8, 4) is 0 Å². The van der Waals surface area contributed by atoms with E-state index in [-0.39, 0.29) is 11.9 Å². The lowest BCUT2D eigenvalue weighted by atomic mass is 9.99. The molecule has 1 atom stereocenters. The number of nitrogens with zero attached hydrogens (tertiary/aromatic N) is 3. The van der Waals surface area contributed by atoms with Crippen LogP contribution in [0, 0.1) is 6.92 Å². The number of rotatable bonds is 2. The van der Waals surface area contributed by atoms with Crippen LogP contribution in [-0.4, -0.2) is 27.1 Å². The monoisotopic (exact) mass is 284 g/mol. The molecule has 2 aromatic rings. The number of aryl methyl sites for hydroxylation is 2. The third-order valence-electron chi connectivity index (χ3n) is 4.12. The number of likely N-dealkylation sites (tertiary alicyclic amines) is 1. The van der Waals surface area contributed by atoms with Crippen LogP contribution in [0.25, 0.3) is 0 Å². The predicted molar refractivity (Wildman–Crippen MR) is 81.8 cm³/mol. The third-order valence-corrected chi connectivity index (χ3v) is 4.12. The lowest BCUT2D eigenvalue weighted by molar-refractivity contribution is 0.0729. The molecule has 0 bridgehead atoms. The van der Waals surface area contributed by atoms with Crippen molar-refractivity contribution in [3.63, 3.8) is 0 Å². The Hall–Kier alpha value is -2.30. The summed E-state index contributed by atoms with van der Waals surface area (Å²) in [6, 6.07) is 8.37. The molecule has 110 valence electrons. The molecule has 0 aliphatic carbocycles. The van der Waals surface area contributed by atoms with E-state index in [9.17, 15) is 4.79 Å². The van der Waals surface area contributed by atoms with Crippen LogP contribution in [0.4, 0.5) is 5.69 Å². The molecule has 1 fully saturated rings. The Morgan fingerprint density at radius 2 is 2.14 bits per heavy atom. The van der Waals surface area contributed by atoms with Crippen molar-refractivity contribution >= 4 is 11.6 Å². The molecule has 5 nitrogen and oxygen atoms in total. The highest BCUT2D eigenvalue weighted by Gasteiger charge is 2.33. The van der Waals surface area contributed by atoms with Gasteiger partial charge >= 0.3 is 0 Å². The molecule has 0 saturated carbocycles. The van der Waals surface area contributed by atoms with Crippen LogP contribution in [0.15, 0.2) is 30.5 Å². The number of carbonyl (C=O) groups is 1. The number of amides is 1. The molecular formula is C16H20N4O. The van der Waals surface area contributed by atoms with Gasteiger partial charge in [-0.05, 0) is 30.9 Å². The van der Waals surface area contributed by atoms with Gasteiger partial charge in [-0.1, -0.05) is 24.3 Å². The van der Waals surface area contributed by atoms with Crippen LogP contribution < -0.4 is 5.73 Å². The number of hydrogen-bond donors (Lipinski definition) is 1. The van der Waals surface area contributed by atoms with E-state index in [1.54, 1.807) is 17.9 Å². The Morgan fingerprint density at radius 1 is 1.38 bits per heavy atom. The number of nitrogen functional groups attached to an aromatic ring is 1. The molecular weight excluding hydrogens is 264 g/mol. The van der Waals surface area contributed by atoms with Crippen molar-refractivity contribution in [2.45, 2.75) is 25.8 Å². The van der Waals surface area contributed by atoms with E-state index in [1.807, 2.05) is 17.0 Å². The highest BCUT2D eigenvalue weighted by Crippen LogP contribution is 2.35. The topological polar surface area (TPSA) is 64.2 Å². The highest BCUT2D eigenvalue weighted by atomic mass is 16.2. The fraction of sp³-hybridized carbons (Fsp3) is 0.375. The number of nitrogens with two attached hydrogens (primary N) is 1. The number of aromatic nitrogens is 2. The van der Waals surface area contributed by atoms with Gasteiger partial charge in [0.1, 0.15) is 0 Å². The maximum absolute atomic E-state index is 12.7. The summed E-state index contributed by atoms with van der Waals surface area (Å²) in [5, 5.41) is 4.21. The van der Waals surface area contributed by atoms with Gasteiger partial charge in [0.05, 0.1) is 11.7 Å². The van der Waals surface area contributed by atoms with Gasteiger partial charge in [-0.15, -0.1) is 0 Å². The minimum Gasteiger partial charge on any atom is -0.396 e. The molecule has 2 heterocycles. The van der Waals surface area contributed by atoms with Crippen LogP contribution >= 0.6 is 0 Å². The second-order valence-electron chi connectivity index (χ2n) is 5.62. The smallest absolute Gasteiger partial charge is 0.277 e. The largest absolute Gasteiger partial charge is 0.396 e. The second kappa shape index (κ2) is 5.24. The van der Waals surface area contributed by atoms with Gasteiger partial charge in [0, 0.05) is 19.8 Å². The van der Waals surface area contributed by atoms with E-state index >= 15 is 0 Å². The van der Waals surface area contributed by atoms with Crippen molar-refractivity contribution in [2.24, 2.45) is 7.05 Å². The zero-order valence-corrected chi connectivity index (χ0v) is 12.4. The van der Waals surface area contributed by atoms with Gasteiger partial charge in [0.25, 0.3) is 5.91 Å². The SMILES string of the molecule is Cc1ccccc1C1CCCN1C(=O)c1nn(C)cc1N. The first-order valence-corrected chi connectivity index (χ1v) is 7.23. The van der Waals surface area contributed by atoms with Gasteiger partial charge in [0.2, 0.25) is 0 Å². The fourth-order valence-corrected chi connectivity index (χ4v) is 3.10. The Balaban J connectivity index is 1.93. The van der Waals surface area contributed by atoms with Crippen LogP contribution in [0.1, 0.15) is 40.5 Å². The quantitative estimate of drug-likeness (QED) is 0.920. The van der Waals surface area contributed by atoms with Crippen LogP contribution in [0.2, 0.25) is 0 Å². The van der Waals surface area contributed by atoms with Crippen molar-refractivity contribution in [1.82, 2.24) is 14.7 Å². The van der Waals surface area contributed by atoms with E-state index in [4.69, 9.17) is 5.73 Å². The Labute approximate surface area is 124 Å². The molecule has 3 rings (SSSR count). The summed E-state index contributed by atoms with van der Waals surface area (Å²) in [4.78, 5) is 14.7. The maximum Gasteiger partial charge on any atom is 0.277 e. The number of benzene rings is 1. The van der Waals surface area contributed by atoms with Crippen LogP contribution in [0.5, 0.6) is 0 Å². The molecule has 0 radical (unpaired) electrons. The molecule has 1 unspecified atom stereocenters. The summed E-state index contributed by atoms with van der Waals surface area (Å²) < 4.78 is 1.58.